The van der Waals surface area contributed by atoms with Crippen LogP contribution in [0.5, 0.6) is 0 Å². The van der Waals surface area contributed by atoms with Gasteiger partial charge in [-0.1, -0.05) is 41.4 Å². The first-order valence-corrected chi connectivity index (χ1v) is 9.77. The first-order valence-electron chi connectivity index (χ1n) is 9.02. The number of anilines is 1. The zero-order valence-electron chi connectivity index (χ0n) is 16.1. The average Bonchev–Trinajstić information content (AvgIpc) is 2.93. The van der Waals surface area contributed by atoms with Crippen LogP contribution in [0, 0.1) is 13.8 Å². The number of nitrogens with one attached hydrogen (secondary N) is 2. The van der Waals surface area contributed by atoms with Gasteiger partial charge in [-0.3, -0.25) is 4.79 Å². The highest BCUT2D eigenvalue weighted by Gasteiger charge is 2.18. The van der Waals surface area contributed by atoms with Crippen molar-refractivity contribution < 1.29 is 9.69 Å². The number of aryl methyl sites for hydroxylation is 1. The number of quaternary nitrogens is 1. The number of amides is 1. The van der Waals surface area contributed by atoms with Crippen molar-refractivity contribution in [3.05, 3.63) is 75.5 Å². The summed E-state index contributed by atoms with van der Waals surface area (Å²) >= 11 is 12.1. The van der Waals surface area contributed by atoms with Crippen LogP contribution in [-0.2, 0) is 11.3 Å². The van der Waals surface area contributed by atoms with Gasteiger partial charge in [0, 0.05) is 5.02 Å². The van der Waals surface area contributed by atoms with Crippen LogP contribution in [0.1, 0.15) is 17.0 Å². The SMILES string of the molecule is Cc1nn(-c2ccccc2)c(C)c1C[NH+](C)CC(=O)Nc1cc(Cl)ccc1Cl. The van der Waals surface area contributed by atoms with Crippen molar-refractivity contribution in [2.75, 3.05) is 18.9 Å². The number of carbonyl (C=O) groups excluding carboxylic acids is 1. The molecule has 0 spiro atoms. The van der Waals surface area contributed by atoms with Gasteiger partial charge in [-0.25, -0.2) is 4.68 Å². The molecule has 146 valence electrons. The van der Waals surface area contributed by atoms with Gasteiger partial charge in [-0.2, -0.15) is 5.10 Å². The van der Waals surface area contributed by atoms with Gasteiger partial charge in [0.05, 0.1) is 40.4 Å². The Balaban J connectivity index is 1.68. The van der Waals surface area contributed by atoms with Crippen molar-refractivity contribution in [3.8, 4) is 5.69 Å². The molecule has 3 aromatic rings. The van der Waals surface area contributed by atoms with E-state index in [1.807, 2.05) is 49.0 Å². The fraction of sp³-hybridized carbons (Fsp3) is 0.238. The second-order valence-electron chi connectivity index (χ2n) is 6.88. The summed E-state index contributed by atoms with van der Waals surface area (Å²) < 4.78 is 1.95. The normalized spacial score (nSPS) is 12.0. The molecule has 7 heteroatoms. The van der Waals surface area contributed by atoms with Gasteiger partial charge >= 0.3 is 0 Å². The monoisotopic (exact) mass is 417 g/mol. The second kappa shape index (κ2) is 8.78. The molecule has 28 heavy (non-hydrogen) atoms. The van der Waals surface area contributed by atoms with Crippen molar-refractivity contribution in [2.45, 2.75) is 20.4 Å². The van der Waals surface area contributed by atoms with E-state index in [1.165, 1.54) is 0 Å². The molecule has 0 saturated heterocycles. The van der Waals surface area contributed by atoms with E-state index in [9.17, 15) is 4.79 Å². The molecule has 3 rings (SSSR count). The van der Waals surface area contributed by atoms with Crippen LogP contribution in [0.4, 0.5) is 5.69 Å². The molecule has 2 aromatic carbocycles. The van der Waals surface area contributed by atoms with E-state index < -0.39 is 0 Å². The molecule has 0 bridgehead atoms. The predicted octanol–water partition coefficient (Wildman–Crippen LogP) is 3.45. The number of hydrogen-bond acceptors (Lipinski definition) is 2. The molecule has 1 atom stereocenters. The molecule has 0 aliphatic carbocycles. The number of benzene rings is 2. The Kier molecular flexibility index (Phi) is 6.39. The lowest BCUT2D eigenvalue weighted by Gasteiger charge is -2.15. The predicted molar refractivity (Wildman–Crippen MR) is 114 cm³/mol. The molecule has 0 fully saturated rings. The molecule has 0 radical (unpaired) electrons. The second-order valence-corrected chi connectivity index (χ2v) is 7.72. The lowest BCUT2D eigenvalue weighted by Crippen LogP contribution is -3.08. The number of nitrogens with zero attached hydrogens (tertiary/aromatic N) is 2. The highest BCUT2D eigenvalue weighted by molar-refractivity contribution is 6.35. The summed E-state index contributed by atoms with van der Waals surface area (Å²) in [6.07, 6.45) is 0. The lowest BCUT2D eigenvalue weighted by atomic mass is 10.2. The van der Waals surface area contributed by atoms with Crippen LogP contribution in [-0.4, -0.2) is 29.3 Å². The molecule has 1 amide bonds. The summed E-state index contributed by atoms with van der Waals surface area (Å²) in [6.45, 7) is 5.06. The van der Waals surface area contributed by atoms with Gasteiger partial charge in [0.25, 0.3) is 5.91 Å². The summed E-state index contributed by atoms with van der Waals surface area (Å²) in [7, 11) is 1.98. The maximum atomic E-state index is 12.4. The Morgan fingerprint density at radius 3 is 2.57 bits per heavy atom. The summed E-state index contributed by atoms with van der Waals surface area (Å²) in [4.78, 5) is 13.5. The first-order chi connectivity index (χ1) is 13.3. The number of hydrogen-bond donors (Lipinski definition) is 2. The third-order valence-corrected chi connectivity index (χ3v) is 5.15. The average molecular weight is 418 g/mol. The molecular weight excluding hydrogens is 395 g/mol. The van der Waals surface area contributed by atoms with Gasteiger partial charge in [0.2, 0.25) is 0 Å². The highest BCUT2D eigenvalue weighted by atomic mass is 35.5. The quantitative estimate of drug-likeness (QED) is 0.645. The maximum absolute atomic E-state index is 12.4. The minimum absolute atomic E-state index is 0.118. The largest absolute Gasteiger partial charge is 0.326 e. The molecule has 2 N–H and O–H groups in total. The molecule has 5 nitrogen and oxygen atoms in total. The van der Waals surface area contributed by atoms with Crippen molar-refractivity contribution in [2.24, 2.45) is 0 Å². The number of aromatic nitrogens is 2. The third-order valence-electron chi connectivity index (χ3n) is 4.59. The van der Waals surface area contributed by atoms with Crippen LogP contribution in [0.25, 0.3) is 5.69 Å². The van der Waals surface area contributed by atoms with Crippen molar-refractivity contribution >= 4 is 34.8 Å². The molecule has 0 aliphatic rings. The number of halogens is 2. The fourth-order valence-corrected chi connectivity index (χ4v) is 3.51. The standard InChI is InChI=1S/C21H22Cl2N4O/c1-14-18(15(2)27(25-14)17-7-5-4-6-8-17)12-26(3)13-21(28)24-20-11-16(22)9-10-19(20)23/h4-11H,12-13H2,1-3H3,(H,24,28)/p+1. The summed E-state index contributed by atoms with van der Waals surface area (Å²) in [6, 6.07) is 15.0. The Bertz CT molecular complexity index is 986. The third kappa shape index (κ3) is 4.73. The van der Waals surface area contributed by atoms with Crippen molar-refractivity contribution in [3.63, 3.8) is 0 Å². The van der Waals surface area contributed by atoms with Gasteiger partial charge in [0.15, 0.2) is 6.54 Å². The zero-order chi connectivity index (χ0) is 20.3. The number of para-hydroxylation sites is 1. The Hall–Kier alpha value is -2.34. The maximum Gasteiger partial charge on any atom is 0.279 e. The molecule has 1 heterocycles. The van der Waals surface area contributed by atoms with Crippen LogP contribution in [0.15, 0.2) is 48.5 Å². The van der Waals surface area contributed by atoms with Gasteiger partial charge < -0.3 is 10.2 Å². The number of likely N-dealkylation sites (N-methyl/N-ethyl adjacent to an activating group) is 1. The van der Waals surface area contributed by atoms with Crippen molar-refractivity contribution in [1.82, 2.24) is 9.78 Å². The number of carbonyl (C=O) groups is 1. The van der Waals surface area contributed by atoms with Gasteiger partial charge in [-0.05, 0) is 44.2 Å². The van der Waals surface area contributed by atoms with E-state index in [1.54, 1.807) is 18.2 Å². The highest BCUT2D eigenvalue weighted by Crippen LogP contribution is 2.25. The van der Waals surface area contributed by atoms with E-state index in [4.69, 9.17) is 23.2 Å². The van der Waals surface area contributed by atoms with Crippen LogP contribution >= 0.6 is 23.2 Å². The molecule has 0 aliphatic heterocycles. The molecule has 0 saturated carbocycles. The van der Waals surface area contributed by atoms with E-state index in [2.05, 4.69) is 17.3 Å². The Morgan fingerprint density at radius 1 is 1.14 bits per heavy atom. The lowest BCUT2D eigenvalue weighted by molar-refractivity contribution is -0.885. The minimum Gasteiger partial charge on any atom is -0.326 e. The topological polar surface area (TPSA) is 51.4 Å². The first kappa shape index (κ1) is 20.4. The van der Waals surface area contributed by atoms with Crippen LogP contribution < -0.4 is 10.2 Å². The van der Waals surface area contributed by atoms with E-state index in [0.29, 0.717) is 28.8 Å². The summed E-state index contributed by atoms with van der Waals surface area (Å²) in [5, 5.41) is 8.50. The van der Waals surface area contributed by atoms with Gasteiger partial charge in [0.1, 0.15) is 6.54 Å². The Labute approximate surface area is 174 Å². The summed E-state index contributed by atoms with van der Waals surface area (Å²) in [5.41, 5.74) is 4.76. The molecular formula is C21H23Cl2N4O+. The van der Waals surface area contributed by atoms with Crippen LogP contribution in [0.2, 0.25) is 10.0 Å². The van der Waals surface area contributed by atoms with Gasteiger partial charge in [-0.15, -0.1) is 0 Å². The molecule has 1 unspecified atom stereocenters. The smallest absolute Gasteiger partial charge is 0.279 e. The Morgan fingerprint density at radius 2 is 1.86 bits per heavy atom. The summed E-state index contributed by atoms with van der Waals surface area (Å²) in [5.74, 6) is -0.118. The van der Waals surface area contributed by atoms with E-state index in [-0.39, 0.29) is 5.91 Å². The van der Waals surface area contributed by atoms with E-state index >= 15 is 0 Å². The minimum atomic E-state index is -0.118. The van der Waals surface area contributed by atoms with E-state index in [0.717, 1.165) is 27.5 Å². The number of rotatable bonds is 6. The van der Waals surface area contributed by atoms with Crippen LogP contribution in [0.3, 0.4) is 0 Å². The zero-order valence-corrected chi connectivity index (χ0v) is 17.6. The fourth-order valence-electron chi connectivity index (χ4n) is 3.18. The van der Waals surface area contributed by atoms with Crippen molar-refractivity contribution in [1.29, 1.82) is 0 Å². The molecule has 1 aromatic heterocycles.